The number of nitrogens with zero attached hydrogens (tertiary/aromatic N) is 3. The maximum Gasteiger partial charge on any atom is 0.231 e. The first kappa shape index (κ1) is 18.2. The minimum absolute atomic E-state index is 0.237. The molecule has 0 bridgehead atoms. The summed E-state index contributed by atoms with van der Waals surface area (Å²) < 4.78 is 18.5. The van der Waals surface area contributed by atoms with Gasteiger partial charge in [-0.05, 0) is 28.8 Å². The molecule has 5 rings (SSSR count). The van der Waals surface area contributed by atoms with Crippen LogP contribution in [0.4, 0.5) is 0 Å². The summed E-state index contributed by atoms with van der Waals surface area (Å²) in [6, 6.07) is 15.0. The highest BCUT2D eigenvalue weighted by Crippen LogP contribution is 2.36. The van der Waals surface area contributed by atoms with E-state index in [1.54, 1.807) is 7.11 Å². The molecule has 0 spiro atoms. The largest absolute Gasteiger partial charge is 0.454 e. The third-order valence-electron chi connectivity index (χ3n) is 5.70. The molecule has 0 unspecified atom stereocenters. The number of hydrogen-bond acceptors (Lipinski definition) is 5. The van der Waals surface area contributed by atoms with Crippen LogP contribution in [0.25, 0.3) is 0 Å². The summed E-state index contributed by atoms with van der Waals surface area (Å²) in [6.07, 6.45) is 3.94. The van der Waals surface area contributed by atoms with Gasteiger partial charge in [0.1, 0.15) is 5.82 Å². The molecule has 0 aliphatic carbocycles. The Hall–Kier alpha value is -2.83. The number of imidazole rings is 1. The van der Waals surface area contributed by atoms with Gasteiger partial charge in [-0.3, -0.25) is 4.90 Å². The number of fused-ring (bicyclic) bond motifs is 2. The number of benzene rings is 2. The Labute approximate surface area is 170 Å². The predicted octanol–water partition coefficient (Wildman–Crippen LogP) is 3.41. The van der Waals surface area contributed by atoms with Crippen molar-refractivity contribution in [1.82, 2.24) is 14.5 Å². The summed E-state index contributed by atoms with van der Waals surface area (Å²) in [4.78, 5) is 7.21. The Morgan fingerprint density at radius 1 is 1.14 bits per heavy atom. The second-order valence-electron chi connectivity index (χ2n) is 7.58. The van der Waals surface area contributed by atoms with E-state index in [-0.39, 0.29) is 5.92 Å². The summed E-state index contributed by atoms with van der Waals surface area (Å²) in [5.74, 6) is 3.01. The molecule has 1 atom stereocenters. The van der Waals surface area contributed by atoms with E-state index in [4.69, 9.17) is 19.2 Å². The fourth-order valence-corrected chi connectivity index (χ4v) is 4.33. The van der Waals surface area contributed by atoms with Gasteiger partial charge in [-0.15, -0.1) is 0 Å². The molecular formula is C23H25N3O3. The van der Waals surface area contributed by atoms with Crippen LogP contribution in [-0.2, 0) is 24.4 Å². The molecule has 1 aromatic heterocycles. The van der Waals surface area contributed by atoms with E-state index >= 15 is 0 Å². The molecule has 6 heteroatoms. The van der Waals surface area contributed by atoms with E-state index in [9.17, 15) is 0 Å². The van der Waals surface area contributed by atoms with Crippen LogP contribution in [-0.4, -0.2) is 41.5 Å². The Balaban J connectivity index is 1.42. The number of aromatic nitrogens is 2. The molecule has 2 aromatic carbocycles. The second kappa shape index (κ2) is 7.89. The SMILES string of the molecule is COCCn1ccnc1[C@@H]1CN(Cc2ccc3c(c2)OCO3)Cc2ccccc21. The van der Waals surface area contributed by atoms with Crippen molar-refractivity contribution in [3.63, 3.8) is 0 Å². The fourth-order valence-electron chi connectivity index (χ4n) is 4.33. The van der Waals surface area contributed by atoms with Gasteiger partial charge in [0, 0.05) is 45.7 Å². The molecule has 0 fully saturated rings. The van der Waals surface area contributed by atoms with E-state index in [2.05, 4.69) is 45.9 Å². The van der Waals surface area contributed by atoms with Gasteiger partial charge in [0.25, 0.3) is 0 Å². The third-order valence-corrected chi connectivity index (χ3v) is 5.70. The van der Waals surface area contributed by atoms with Crippen LogP contribution in [0.1, 0.15) is 28.4 Å². The molecule has 150 valence electrons. The number of methoxy groups -OCH3 is 1. The summed E-state index contributed by atoms with van der Waals surface area (Å²) in [5, 5.41) is 0. The van der Waals surface area contributed by atoms with E-state index in [1.807, 2.05) is 18.5 Å². The van der Waals surface area contributed by atoms with Crippen LogP contribution in [0.15, 0.2) is 54.9 Å². The van der Waals surface area contributed by atoms with Gasteiger partial charge in [-0.2, -0.15) is 0 Å². The second-order valence-corrected chi connectivity index (χ2v) is 7.58. The number of ether oxygens (including phenoxy) is 3. The lowest BCUT2D eigenvalue weighted by atomic mass is 9.88. The highest BCUT2D eigenvalue weighted by molar-refractivity contribution is 5.44. The summed E-state index contributed by atoms with van der Waals surface area (Å²) >= 11 is 0. The van der Waals surface area contributed by atoms with Crippen molar-refractivity contribution < 1.29 is 14.2 Å². The van der Waals surface area contributed by atoms with Crippen molar-refractivity contribution in [3.05, 3.63) is 77.4 Å². The van der Waals surface area contributed by atoms with Crippen LogP contribution in [0.3, 0.4) is 0 Å². The minimum Gasteiger partial charge on any atom is -0.454 e. The summed E-state index contributed by atoms with van der Waals surface area (Å²) in [7, 11) is 1.74. The summed E-state index contributed by atoms with van der Waals surface area (Å²) in [6.45, 7) is 4.52. The van der Waals surface area contributed by atoms with E-state index in [1.165, 1.54) is 16.7 Å². The van der Waals surface area contributed by atoms with Gasteiger partial charge in [0.05, 0.1) is 12.5 Å². The van der Waals surface area contributed by atoms with E-state index < -0.39 is 0 Å². The average Bonchev–Trinajstić information content (AvgIpc) is 3.40. The van der Waals surface area contributed by atoms with Crippen LogP contribution >= 0.6 is 0 Å². The zero-order chi connectivity index (χ0) is 19.6. The Bertz CT molecular complexity index is 1000. The predicted molar refractivity (Wildman–Crippen MR) is 109 cm³/mol. The normalized spacial score (nSPS) is 18.0. The first-order chi connectivity index (χ1) is 14.3. The van der Waals surface area contributed by atoms with Crippen molar-refractivity contribution in [2.75, 3.05) is 27.1 Å². The molecule has 0 amide bonds. The molecule has 2 aliphatic rings. The first-order valence-electron chi connectivity index (χ1n) is 10.0. The lowest BCUT2D eigenvalue weighted by Gasteiger charge is -2.34. The first-order valence-corrected chi connectivity index (χ1v) is 10.0. The van der Waals surface area contributed by atoms with Gasteiger partial charge in [-0.1, -0.05) is 30.3 Å². The molecule has 0 saturated heterocycles. The molecule has 2 aliphatic heterocycles. The van der Waals surface area contributed by atoms with Crippen LogP contribution in [0, 0.1) is 0 Å². The molecule has 0 N–H and O–H groups in total. The van der Waals surface area contributed by atoms with Crippen molar-refractivity contribution >= 4 is 0 Å². The Morgan fingerprint density at radius 2 is 2.03 bits per heavy atom. The maximum atomic E-state index is 5.55. The van der Waals surface area contributed by atoms with Crippen molar-refractivity contribution in [1.29, 1.82) is 0 Å². The zero-order valence-electron chi connectivity index (χ0n) is 16.6. The molecule has 3 aromatic rings. The van der Waals surface area contributed by atoms with E-state index in [0.29, 0.717) is 13.4 Å². The minimum atomic E-state index is 0.237. The van der Waals surface area contributed by atoms with Crippen LogP contribution < -0.4 is 9.47 Å². The molecule has 6 nitrogen and oxygen atoms in total. The standard InChI is InChI=1S/C23H25N3O3/c1-27-11-10-26-9-8-24-23(26)20-15-25(14-18-4-2-3-5-19(18)20)13-17-6-7-21-22(12-17)29-16-28-21/h2-9,12,20H,10-11,13-16H2,1H3/t20-/m1/s1. The molecule has 0 saturated carbocycles. The van der Waals surface area contributed by atoms with Gasteiger partial charge in [0.2, 0.25) is 6.79 Å². The molecule has 0 radical (unpaired) electrons. The summed E-state index contributed by atoms with van der Waals surface area (Å²) in [5.41, 5.74) is 3.97. The van der Waals surface area contributed by atoms with Gasteiger partial charge in [0.15, 0.2) is 11.5 Å². The molecule has 3 heterocycles. The van der Waals surface area contributed by atoms with Gasteiger partial charge >= 0.3 is 0 Å². The lowest BCUT2D eigenvalue weighted by molar-refractivity contribution is 0.174. The Morgan fingerprint density at radius 3 is 2.97 bits per heavy atom. The highest BCUT2D eigenvalue weighted by Gasteiger charge is 2.29. The molecule has 29 heavy (non-hydrogen) atoms. The van der Waals surface area contributed by atoms with Gasteiger partial charge in [-0.25, -0.2) is 4.98 Å². The fraction of sp³-hybridized carbons (Fsp3) is 0.348. The topological polar surface area (TPSA) is 48.8 Å². The van der Waals surface area contributed by atoms with Crippen LogP contribution in [0.5, 0.6) is 11.5 Å². The smallest absolute Gasteiger partial charge is 0.231 e. The van der Waals surface area contributed by atoms with Crippen LogP contribution in [0.2, 0.25) is 0 Å². The monoisotopic (exact) mass is 391 g/mol. The van der Waals surface area contributed by atoms with Gasteiger partial charge < -0.3 is 18.8 Å². The maximum absolute atomic E-state index is 5.55. The molecular weight excluding hydrogens is 366 g/mol. The van der Waals surface area contributed by atoms with Crippen molar-refractivity contribution in [3.8, 4) is 11.5 Å². The quantitative estimate of drug-likeness (QED) is 0.645. The van der Waals surface area contributed by atoms with E-state index in [0.717, 1.165) is 43.5 Å². The average molecular weight is 391 g/mol. The highest BCUT2D eigenvalue weighted by atomic mass is 16.7. The van der Waals surface area contributed by atoms with Crippen molar-refractivity contribution in [2.24, 2.45) is 0 Å². The number of hydrogen-bond donors (Lipinski definition) is 0. The van der Waals surface area contributed by atoms with Crippen molar-refractivity contribution in [2.45, 2.75) is 25.6 Å². The zero-order valence-corrected chi connectivity index (χ0v) is 16.6. The Kier molecular flexibility index (Phi) is 4.96. The third kappa shape index (κ3) is 3.61. The lowest BCUT2D eigenvalue weighted by Crippen LogP contribution is -2.35. The number of rotatable bonds is 6.